The Kier molecular flexibility index (Phi) is 43.4. The number of nitrogens with one attached hydrogen (secondary N) is 4. The molecule has 87 heavy (non-hydrogen) atoms. The highest BCUT2D eigenvalue weighted by atomic mass is 79.9. The van der Waals surface area contributed by atoms with Crippen molar-refractivity contribution >= 4 is 156 Å². The maximum atomic E-state index is 13.0. The first kappa shape index (κ1) is 81.4. The summed E-state index contributed by atoms with van der Waals surface area (Å²) in [6, 6.07) is 22.8. The minimum absolute atomic E-state index is 0. The predicted octanol–water partition coefficient (Wildman–Crippen LogP) is 15.7. The van der Waals surface area contributed by atoms with Gasteiger partial charge in [0.15, 0.2) is 15.3 Å². The molecule has 0 unspecified atom stereocenters. The topological polar surface area (TPSA) is 239 Å². The Labute approximate surface area is 564 Å². The largest absolute Gasteiger partial charge is 0.362 e. The van der Waals surface area contributed by atoms with Crippen molar-refractivity contribution in [2.45, 2.75) is 75.7 Å². The molecule has 6 aromatic rings. The van der Waals surface area contributed by atoms with E-state index in [1.54, 1.807) is 107 Å². The van der Waals surface area contributed by atoms with Crippen LogP contribution in [0.5, 0.6) is 0 Å². The molecule has 21 nitrogen and oxygen atoms in total. The highest BCUT2D eigenvalue weighted by Crippen LogP contribution is 2.50. The van der Waals surface area contributed by atoms with Crippen molar-refractivity contribution in [1.82, 2.24) is 45.4 Å². The van der Waals surface area contributed by atoms with E-state index in [0.717, 1.165) is 49.7 Å². The van der Waals surface area contributed by atoms with Crippen LogP contribution in [0, 0.1) is 0 Å². The summed E-state index contributed by atoms with van der Waals surface area (Å²) >= 11 is 29.4. The first-order valence-electron chi connectivity index (χ1n) is 26.7. The number of pyridine rings is 6. The molecule has 480 valence electrons. The Hall–Kier alpha value is -3.66. The number of halogens is 4. The normalized spacial score (nSPS) is 10.8. The lowest BCUT2D eigenvalue weighted by Crippen LogP contribution is -2.42. The molecule has 0 aliphatic rings. The predicted molar refractivity (Wildman–Crippen MR) is 379 cm³/mol. The van der Waals surface area contributed by atoms with Gasteiger partial charge in [-0.15, -0.1) is 0 Å². The molecule has 0 fully saturated rings. The fourth-order valence-electron chi connectivity index (χ4n) is 6.79. The second kappa shape index (κ2) is 46.4. The minimum Gasteiger partial charge on any atom is -0.362 e. The molecule has 31 heteroatoms. The van der Waals surface area contributed by atoms with Crippen molar-refractivity contribution in [3.63, 3.8) is 0 Å². The Morgan fingerprint density at radius 3 is 1.29 bits per heavy atom. The lowest BCUT2D eigenvalue weighted by atomic mass is 10.2. The van der Waals surface area contributed by atoms with Crippen LogP contribution >= 0.6 is 123 Å². The summed E-state index contributed by atoms with van der Waals surface area (Å²) < 4.78 is 71.6. The zero-order valence-electron chi connectivity index (χ0n) is 48.1. The Morgan fingerprint density at radius 1 is 0.494 bits per heavy atom. The van der Waals surface area contributed by atoms with Gasteiger partial charge in [-0.05, 0) is 217 Å². The van der Waals surface area contributed by atoms with Crippen LogP contribution in [0.3, 0.4) is 0 Å². The number of rotatable bonds is 29. The summed E-state index contributed by atoms with van der Waals surface area (Å²) in [6.07, 6.45) is 18.1. The summed E-state index contributed by atoms with van der Waals surface area (Å²) in [7, 11) is -9.45. The lowest BCUT2D eigenvalue weighted by molar-refractivity contribution is 0.210. The van der Waals surface area contributed by atoms with Crippen molar-refractivity contribution in [1.29, 1.82) is 0 Å². The fourth-order valence-corrected chi connectivity index (χ4v) is 13.7. The molecule has 0 bridgehead atoms. The van der Waals surface area contributed by atoms with E-state index >= 15 is 0 Å². The molecule has 0 saturated carbocycles. The molecular weight excluding hydrogens is 1490 g/mol. The van der Waals surface area contributed by atoms with E-state index in [4.69, 9.17) is 63.8 Å². The molecule has 0 aliphatic carbocycles. The fraction of sp³-hybridized carbons (Fsp3) is 0.411. The van der Waals surface area contributed by atoms with E-state index < -0.39 is 22.8 Å². The van der Waals surface area contributed by atoms with Crippen LogP contribution < -0.4 is 26.2 Å². The SMILES string of the molecule is C.C.CCOP(=O)(CBr)OCC.CCOP(=O)(CN(C(=S)NCCc1cccnc1)c1ccc(Br)cn1)OCC.CCOP(=O)(CN(CCc1cccnc1)C(=S)Nc1ccc(Br)cn1)OCC.S=C(NCCc1cccnc1)Nc1ccc(Br)cn1. The average molecular weight is 1580 g/mol. The van der Waals surface area contributed by atoms with Gasteiger partial charge in [-0.3, -0.25) is 33.5 Å². The third-order valence-electron chi connectivity index (χ3n) is 10.4. The van der Waals surface area contributed by atoms with E-state index in [2.05, 4.69) is 115 Å². The van der Waals surface area contributed by atoms with Crippen LogP contribution in [-0.4, -0.2) is 127 Å². The third-order valence-corrected chi connectivity index (χ3v) is 20.2. The standard InChI is InChI=1S/2C18H24BrN4O3PS.C13H13BrN4S.C5H12BrO3P.2CH4/c1-3-25-27(24,26-4-2)14-23(11-9-15-6-5-10-20-12-15)18(28)22-17-8-7-16(19)13-21-17;1-3-25-27(24,26-4-2)14-23(17-8-7-16(19)13-22-17)18(28)21-11-9-15-6-5-10-20-12-15;14-11-3-4-12(17-9-11)18-13(19)16-7-5-10-2-1-6-15-8-10;1-3-8-10(7,5-6)9-4-2;;/h5-8,10,12-13H,3-4,9,11,14H2,1-2H3,(H,21,22,28);5-8,10,12-13H,3-4,9,11,14H2,1-2H3,(H,21,28);1-4,6,8-9H,5,7H2,(H2,16,17,18,19);3-5H2,1-2H3;2*1H4. The van der Waals surface area contributed by atoms with E-state index in [1.807, 2.05) is 73.1 Å². The van der Waals surface area contributed by atoms with Gasteiger partial charge < -0.3 is 53.3 Å². The van der Waals surface area contributed by atoms with Gasteiger partial charge in [0.05, 0.1) is 39.6 Å². The quantitative estimate of drug-likeness (QED) is 0.0194. The van der Waals surface area contributed by atoms with Gasteiger partial charge in [-0.2, -0.15) is 0 Å². The molecule has 0 aliphatic heterocycles. The third kappa shape index (κ3) is 34.4. The number of aromatic nitrogens is 6. The monoisotopic (exact) mass is 1570 g/mol. The van der Waals surface area contributed by atoms with Gasteiger partial charge in [-0.25, -0.2) is 15.0 Å². The van der Waals surface area contributed by atoms with E-state index in [1.165, 1.54) is 5.56 Å². The second-order valence-corrected chi connectivity index (χ2v) is 28.3. The summed E-state index contributed by atoms with van der Waals surface area (Å²) in [6.45, 7) is 14.6. The highest BCUT2D eigenvalue weighted by Gasteiger charge is 2.31. The van der Waals surface area contributed by atoms with Gasteiger partial charge in [-0.1, -0.05) is 49.0 Å². The number of alkyl halides is 1. The molecule has 0 atom stereocenters. The van der Waals surface area contributed by atoms with Gasteiger partial charge in [0.2, 0.25) is 0 Å². The van der Waals surface area contributed by atoms with Crippen molar-refractivity contribution in [2.24, 2.45) is 0 Å². The summed E-state index contributed by atoms with van der Waals surface area (Å²) in [4.78, 5) is 28.6. The van der Waals surface area contributed by atoms with Crippen molar-refractivity contribution in [3.05, 3.63) is 159 Å². The van der Waals surface area contributed by atoms with Crippen LogP contribution in [0.25, 0.3) is 0 Å². The summed E-state index contributed by atoms with van der Waals surface area (Å²) in [5.74, 6) is 1.88. The van der Waals surface area contributed by atoms with Gasteiger partial charge in [0.1, 0.15) is 35.1 Å². The smallest absolute Gasteiger partial charge is 0.350 e. The van der Waals surface area contributed by atoms with Crippen LogP contribution in [-0.2, 0) is 60.1 Å². The van der Waals surface area contributed by atoms with Crippen LogP contribution in [0.4, 0.5) is 17.5 Å². The van der Waals surface area contributed by atoms with Crippen molar-refractivity contribution in [2.75, 3.05) is 92.5 Å². The summed E-state index contributed by atoms with van der Waals surface area (Å²) in [5, 5.41) is 14.1. The second-order valence-electron chi connectivity index (χ2n) is 16.9. The van der Waals surface area contributed by atoms with Crippen LogP contribution in [0.2, 0.25) is 0 Å². The van der Waals surface area contributed by atoms with E-state index in [-0.39, 0.29) is 45.7 Å². The maximum Gasteiger partial charge on any atom is 0.350 e. The molecule has 0 radical (unpaired) electrons. The Balaban J connectivity index is 0.000000606. The molecule has 6 aromatic heterocycles. The molecule has 4 N–H and O–H groups in total. The molecule has 6 rings (SSSR count). The first-order chi connectivity index (χ1) is 40.8. The maximum absolute atomic E-state index is 13.0. The molecular formula is C56H81Br4N12O9P3S3. The van der Waals surface area contributed by atoms with Gasteiger partial charge in [0, 0.05) is 88.8 Å². The Bertz CT molecular complexity index is 2960. The molecule has 0 aromatic carbocycles. The first-order valence-corrected chi connectivity index (χ1v) is 36.6. The van der Waals surface area contributed by atoms with Crippen LogP contribution in [0.15, 0.2) is 142 Å². The highest BCUT2D eigenvalue weighted by molar-refractivity contribution is 9.11. The zero-order chi connectivity index (χ0) is 62.4. The number of thiocarbonyl (C=S) groups is 3. The van der Waals surface area contributed by atoms with Gasteiger partial charge >= 0.3 is 22.8 Å². The van der Waals surface area contributed by atoms with Crippen molar-refractivity contribution < 1.29 is 40.8 Å². The van der Waals surface area contributed by atoms with Gasteiger partial charge in [0.25, 0.3) is 0 Å². The molecule has 6 heterocycles. The number of hydrogen-bond donors (Lipinski definition) is 4. The average Bonchev–Trinajstić information content (AvgIpc) is 3.41. The number of hydrogen-bond acceptors (Lipinski definition) is 18. The molecule has 0 spiro atoms. The van der Waals surface area contributed by atoms with Crippen LogP contribution in [0.1, 0.15) is 73.1 Å². The molecule has 0 amide bonds. The zero-order valence-corrected chi connectivity index (χ0v) is 59.5. The number of anilines is 3. The minimum atomic E-state index is -3.36. The van der Waals surface area contributed by atoms with E-state index in [0.29, 0.717) is 72.9 Å². The Morgan fingerprint density at radius 2 is 0.897 bits per heavy atom. The molecule has 0 saturated heterocycles. The van der Waals surface area contributed by atoms with Crippen molar-refractivity contribution in [3.8, 4) is 0 Å². The number of nitrogens with zero attached hydrogens (tertiary/aromatic N) is 8. The lowest BCUT2D eigenvalue weighted by Gasteiger charge is -2.29. The summed E-state index contributed by atoms with van der Waals surface area (Å²) in [5.41, 5.74) is 3.33. The van der Waals surface area contributed by atoms with E-state index in [9.17, 15) is 13.7 Å².